The number of rotatable bonds is 8. The molecule has 156 valence electrons. The molecule has 0 aliphatic rings. The summed E-state index contributed by atoms with van der Waals surface area (Å²) in [5.74, 6) is 1.16. The predicted octanol–water partition coefficient (Wildman–Crippen LogP) is 6.02. The van der Waals surface area contributed by atoms with Crippen LogP contribution in [0.5, 0.6) is 5.75 Å². The molecule has 2 aromatic rings. The molecule has 0 N–H and O–H groups in total. The molecule has 0 bridgehead atoms. The Morgan fingerprint density at radius 1 is 1.07 bits per heavy atom. The third-order valence-electron chi connectivity index (χ3n) is 4.90. The van der Waals surface area contributed by atoms with E-state index in [-0.39, 0.29) is 17.7 Å². The highest BCUT2D eigenvalue weighted by molar-refractivity contribution is 5.97. The molecule has 0 fully saturated rings. The molecule has 2 rings (SSSR count). The molecule has 0 saturated heterocycles. The van der Waals surface area contributed by atoms with Crippen LogP contribution in [0.1, 0.15) is 53.0 Å². The van der Waals surface area contributed by atoms with Gasteiger partial charge in [0.25, 0.3) is 0 Å². The van der Waals surface area contributed by atoms with Crippen molar-refractivity contribution in [3.8, 4) is 5.75 Å². The Hall–Kier alpha value is -2.62. The zero-order valence-electron chi connectivity index (χ0n) is 18.8. The van der Waals surface area contributed by atoms with Gasteiger partial charge >= 0.3 is 0 Å². The van der Waals surface area contributed by atoms with E-state index in [0.717, 1.165) is 27.8 Å². The number of methoxy groups -OCH3 is 1. The number of ether oxygens (including phenoxy) is 1. The maximum Gasteiger partial charge on any atom is 0.249 e. The Bertz CT molecular complexity index is 897. The summed E-state index contributed by atoms with van der Waals surface area (Å²) in [6, 6.07) is 12.1. The number of fused-ring (bicyclic) bond motifs is 1. The Kier molecular flexibility index (Phi) is 8.00. The van der Waals surface area contributed by atoms with Crippen molar-refractivity contribution in [1.82, 2.24) is 5.01 Å². The van der Waals surface area contributed by atoms with Gasteiger partial charge < -0.3 is 4.74 Å². The van der Waals surface area contributed by atoms with E-state index in [9.17, 15) is 4.79 Å². The van der Waals surface area contributed by atoms with E-state index in [1.54, 1.807) is 12.1 Å². The quantitative estimate of drug-likeness (QED) is 0.405. The van der Waals surface area contributed by atoms with E-state index in [1.165, 1.54) is 0 Å². The molecule has 0 heterocycles. The lowest BCUT2D eigenvalue weighted by atomic mass is 9.96. The van der Waals surface area contributed by atoms with E-state index in [4.69, 9.17) is 9.84 Å². The summed E-state index contributed by atoms with van der Waals surface area (Å²) in [5, 5.41) is 8.58. The van der Waals surface area contributed by atoms with Crippen molar-refractivity contribution < 1.29 is 9.53 Å². The zero-order chi connectivity index (χ0) is 21.6. The summed E-state index contributed by atoms with van der Waals surface area (Å²) in [6.07, 6.45) is 3.96. The highest BCUT2D eigenvalue weighted by Gasteiger charge is 2.23. The molecule has 0 aliphatic carbocycles. The fourth-order valence-corrected chi connectivity index (χ4v) is 3.18. The van der Waals surface area contributed by atoms with Gasteiger partial charge in [-0.2, -0.15) is 5.10 Å². The number of hydrazone groups is 1. The molecule has 0 aliphatic heterocycles. The lowest BCUT2D eigenvalue weighted by Gasteiger charge is -2.25. The van der Waals surface area contributed by atoms with Crippen LogP contribution in [-0.4, -0.2) is 30.3 Å². The van der Waals surface area contributed by atoms with Gasteiger partial charge in [-0.1, -0.05) is 58.0 Å². The van der Waals surface area contributed by atoms with Gasteiger partial charge in [-0.3, -0.25) is 4.79 Å². The van der Waals surface area contributed by atoms with Gasteiger partial charge in [-0.15, -0.1) is 0 Å². The second kappa shape index (κ2) is 10.2. The van der Waals surface area contributed by atoms with Gasteiger partial charge in [-0.25, -0.2) is 5.01 Å². The maximum atomic E-state index is 13.4. The molecule has 4 heteroatoms. The predicted molar refractivity (Wildman–Crippen MR) is 123 cm³/mol. The van der Waals surface area contributed by atoms with Gasteiger partial charge in [-0.05, 0) is 60.2 Å². The van der Waals surface area contributed by atoms with Crippen LogP contribution in [0.15, 0.2) is 53.7 Å². The van der Waals surface area contributed by atoms with Gasteiger partial charge in [0, 0.05) is 6.54 Å². The molecular formula is C25H34N2O2. The van der Waals surface area contributed by atoms with E-state index in [0.29, 0.717) is 12.5 Å². The number of benzene rings is 2. The van der Waals surface area contributed by atoms with Crippen LogP contribution < -0.4 is 4.74 Å². The fraction of sp³-hybridized carbons (Fsp3) is 0.440. The number of nitrogens with zero attached hydrogens (tertiary/aromatic N) is 2. The molecule has 1 amide bonds. The molecule has 0 unspecified atom stereocenters. The van der Waals surface area contributed by atoms with Crippen molar-refractivity contribution in [2.45, 2.75) is 47.5 Å². The maximum absolute atomic E-state index is 13.4. The van der Waals surface area contributed by atoms with Crippen molar-refractivity contribution in [3.63, 3.8) is 0 Å². The van der Waals surface area contributed by atoms with E-state index in [2.05, 4.69) is 33.8 Å². The highest BCUT2D eigenvalue weighted by Crippen LogP contribution is 2.26. The Balaban J connectivity index is 2.36. The average Bonchev–Trinajstić information content (AvgIpc) is 2.70. The highest BCUT2D eigenvalue weighted by atomic mass is 16.5. The summed E-state index contributed by atoms with van der Waals surface area (Å²) in [5.41, 5.74) is 1.91. The molecule has 0 saturated carbocycles. The molecule has 0 aromatic heterocycles. The van der Waals surface area contributed by atoms with Crippen LogP contribution in [0.4, 0.5) is 0 Å². The number of allylic oxidation sites excluding steroid dienone is 2. The van der Waals surface area contributed by atoms with Gasteiger partial charge in [0.05, 0.1) is 18.7 Å². The first-order valence-electron chi connectivity index (χ1n) is 10.4. The standard InChI is InChI=1S/C25H34N2O2/c1-8-9-24(18(4)5)26-27(16-17(2)3)25(28)19(6)20-10-11-22-15-23(29-7)13-12-21(22)14-20/h8-15,17-19H,16H2,1-7H3/b9-8-,26-24+/t19-/m0/s1. The average molecular weight is 395 g/mol. The first kappa shape index (κ1) is 22.7. The molecule has 0 radical (unpaired) electrons. The van der Waals surface area contributed by atoms with Gasteiger partial charge in [0.15, 0.2) is 0 Å². The topological polar surface area (TPSA) is 41.9 Å². The SMILES string of the molecule is C/C=C\C(=N/N(CC(C)C)C(=O)[C@@H](C)c1ccc2cc(OC)ccc2c1)C(C)C. The van der Waals surface area contributed by atoms with E-state index >= 15 is 0 Å². The molecule has 29 heavy (non-hydrogen) atoms. The van der Waals surface area contributed by atoms with E-state index in [1.807, 2.05) is 56.3 Å². The number of amides is 1. The summed E-state index contributed by atoms with van der Waals surface area (Å²) in [7, 11) is 1.67. The van der Waals surface area contributed by atoms with Crippen LogP contribution in [0.3, 0.4) is 0 Å². The fourth-order valence-electron chi connectivity index (χ4n) is 3.18. The first-order valence-corrected chi connectivity index (χ1v) is 10.4. The minimum atomic E-state index is -0.275. The van der Waals surface area contributed by atoms with Crippen LogP contribution >= 0.6 is 0 Å². The monoisotopic (exact) mass is 394 g/mol. The Morgan fingerprint density at radius 3 is 2.31 bits per heavy atom. The van der Waals surface area contributed by atoms with Crippen LogP contribution in [-0.2, 0) is 4.79 Å². The summed E-state index contributed by atoms with van der Waals surface area (Å²) in [4.78, 5) is 13.4. The molecular weight excluding hydrogens is 360 g/mol. The zero-order valence-corrected chi connectivity index (χ0v) is 18.8. The van der Waals surface area contributed by atoms with Crippen LogP contribution in [0, 0.1) is 11.8 Å². The minimum absolute atomic E-state index is 0.0224. The van der Waals surface area contributed by atoms with Crippen molar-refractivity contribution in [3.05, 3.63) is 54.1 Å². The second-order valence-corrected chi connectivity index (χ2v) is 8.19. The van der Waals surface area contributed by atoms with Crippen LogP contribution in [0.2, 0.25) is 0 Å². The number of hydrogen-bond acceptors (Lipinski definition) is 3. The van der Waals surface area contributed by atoms with Crippen LogP contribution in [0.25, 0.3) is 10.8 Å². The normalized spacial score (nSPS) is 13.5. The molecule has 4 nitrogen and oxygen atoms in total. The molecule has 1 atom stereocenters. The number of hydrogen-bond donors (Lipinski definition) is 0. The third kappa shape index (κ3) is 5.93. The number of carbonyl (C=O) groups excluding carboxylic acids is 1. The second-order valence-electron chi connectivity index (χ2n) is 8.19. The van der Waals surface area contributed by atoms with Crippen molar-refractivity contribution >= 4 is 22.4 Å². The summed E-state index contributed by atoms with van der Waals surface area (Å²) >= 11 is 0. The summed E-state index contributed by atoms with van der Waals surface area (Å²) in [6.45, 7) is 12.9. The largest absolute Gasteiger partial charge is 0.497 e. The Labute approximate surface area is 175 Å². The lowest BCUT2D eigenvalue weighted by molar-refractivity contribution is -0.133. The lowest BCUT2D eigenvalue weighted by Crippen LogP contribution is -2.34. The van der Waals surface area contributed by atoms with Gasteiger partial charge in [0.1, 0.15) is 5.75 Å². The number of carbonyl (C=O) groups is 1. The van der Waals surface area contributed by atoms with Crippen molar-refractivity contribution in [2.24, 2.45) is 16.9 Å². The van der Waals surface area contributed by atoms with Crippen molar-refractivity contribution in [2.75, 3.05) is 13.7 Å². The van der Waals surface area contributed by atoms with Gasteiger partial charge in [0.2, 0.25) is 5.91 Å². The molecule has 0 spiro atoms. The smallest absolute Gasteiger partial charge is 0.249 e. The Morgan fingerprint density at radius 2 is 1.72 bits per heavy atom. The molecule has 2 aromatic carbocycles. The minimum Gasteiger partial charge on any atom is -0.497 e. The van der Waals surface area contributed by atoms with E-state index < -0.39 is 0 Å². The van der Waals surface area contributed by atoms with Crippen molar-refractivity contribution in [1.29, 1.82) is 0 Å². The third-order valence-corrected chi connectivity index (χ3v) is 4.90. The summed E-state index contributed by atoms with van der Waals surface area (Å²) < 4.78 is 5.30. The first-order chi connectivity index (χ1) is 13.8.